The average Bonchev–Trinajstić information content (AvgIpc) is 3.11. The minimum absolute atomic E-state index is 0.0211. The molecule has 34 heavy (non-hydrogen) atoms. The number of alkyl halides is 2. The Labute approximate surface area is 193 Å². The summed E-state index contributed by atoms with van der Waals surface area (Å²) in [5.41, 5.74) is 1.79. The number of nitrogens with zero attached hydrogens (tertiary/aromatic N) is 6. The lowest BCUT2D eigenvalue weighted by Crippen LogP contribution is -2.56. The Balaban J connectivity index is 1.41. The van der Waals surface area contributed by atoms with Gasteiger partial charge in [0.25, 0.3) is 0 Å². The van der Waals surface area contributed by atoms with Crippen molar-refractivity contribution in [3.63, 3.8) is 0 Å². The molecule has 0 unspecified atom stereocenters. The van der Waals surface area contributed by atoms with Gasteiger partial charge >= 0.3 is 12.0 Å². The molecule has 9 nitrogen and oxygen atoms in total. The number of hydrogen-bond donors (Lipinski definition) is 0. The van der Waals surface area contributed by atoms with E-state index in [2.05, 4.69) is 31.3 Å². The van der Waals surface area contributed by atoms with E-state index in [-0.39, 0.29) is 29.3 Å². The van der Waals surface area contributed by atoms with Crippen molar-refractivity contribution < 1.29 is 18.3 Å². The lowest BCUT2D eigenvalue weighted by atomic mass is 10.1. The van der Waals surface area contributed by atoms with Gasteiger partial charge in [-0.3, -0.25) is 9.47 Å². The first-order valence-electron chi connectivity index (χ1n) is 10.8. The van der Waals surface area contributed by atoms with Crippen LogP contribution in [0.15, 0.2) is 35.1 Å². The fourth-order valence-corrected chi connectivity index (χ4v) is 4.51. The molecule has 2 aromatic heterocycles. The molecule has 1 saturated heterocycles. The molecule has 2 aliphatic rings. The number of aromatic nitrogens is 3. The summed E-state index contributed by atoms with van der Waals surface area (Å²) in [4.78, 5) is 25.5. The highest BCUT2D eigenvalue weighted by atomic mass is 19.3. The first-order valence-corrected chi connectivity index (χ1v) is 10.8. The maximum Gasteiger partial charge on any atom is 0.586 e. The Bertz CT molecular complexity index is 1390. The smallest absolute Gasteiger partial charge is 0.395 e. The van der Waals surface area contributed by atoms with Crippen LogP contribution < -0.4 is 20.1 Å². The van der Waals surface area contributed by atoms with Gasteiger partial charge in [0.1, 0.15) is 17.3 Å². The minimum atomic E-state index is -3.64. The number of ether oxygens (including phenoxy) is 2. The Hall–Kier alpha value is -3.78. The molecule has 3 aromatic rings. The molecule has 2 atom stereocenters. The predicted molar refractivity (Wildman–Crippen MR) is 119 cm³/mol. The van der Waals surface area contributed by atoms with E-state index in [1.807, 2.05) is 17.9 Å². The number of anilines is 1. The average molecular weight is 468 g/mol. The summed E-state index contributed by atoms with van der Waals surface area (Å²) in [5.74, 6) is 0.504. The van der Waals surface area contributed by atoms with Crippen molar-refractivity contribution in [2.75, 3.05) is 18.0 Å². The number of rotatable bonds is 3. The third kappa shape index (κ3) is 3.80. The van der Waals surface area contributed by atoms with Gasteiger partial charge in [-0.2, -0.15) is 10.2 Å². The van der Waals surface area contributed by atoms with Crippen LogP contribution in [0.3, 0.4) is 0 Å². The third-order valence-corrected chi connectivity index (χ3v) is 6.29. The van der Waals surface area contributed by atoms with Crippen LogP contribution in [0, 0.1) is 11.3 Å². The van der Waals surface area contributed by atoms with E-state index >= 15 is 0 Å². The van der Waals surface area contributed by atoms with Gasteiger partial charge < -0.3 is 14.4 Å². The topological polar surface area (TPSA) is 96.5 Å². The summed E-state index contributed by atoms with van der Waals surface area (Å²) in [7, 11) is 1.63. The van der Waals surface area contributed by atoms with Crippen molar-refractivity contribution in [1.29, 1.82) is 5.26 Å². The largest absolute Gasteiger partial charge is 0.586 e. The maximum absolute atomic E-state index is 13.3. The van der Waals surface area contributed by atoms with Crippen LogP contribution in [0.2, 0.25) is 0 Å². The summed E-state index contributed by atoms with van der Waals surface area (Å²) >= 11 is 0. The highest BCUT2D eigenvalue weighted by Crippen LogP contribution is 2.41. The number of hydrogen-bond acceptors (Lipinski definition) is 8. The maximum atomic E-state index is 13.3. The summed E-state index contributed by atoms with van der Waals surface area (Å²) in [5, 5.41) is 9.30. The summed E-state index contributed by atoms with van der Waals surface area (Å²) < 4.78 is 37.2. The lowest BCUT2D eigenvalue weighted by Gasteiger charge is -2.44. The molecule has 0 aliphatic carbocycles. The van der Waals surface area contributed by atoms with Gasteiger partial charge in [0.2, 0.25) is 0 Å². The molecule has 176 valence electrons. The van der Waals surface area contributed by atoms with Crippen molar-refractivity contribution in [2.24, 2.45) is 7.05 Å². The number of benzene rings is 1. The van der Waals surface area contributed by atoms with Crippen molar-refractivity contribution in [2.45, 2.75) is 38.8 Å². The molecular weight excluding hydrogens is 446 g/mol. The standard InChI is InChI=1S/C23H22F2N6O3/c1-13-11-31(21-20-17(29(3)22(32)28-21)6-5-16(9-26)27-20)14(2)10-30(13)12-15-4-7-18-19(8-15)34-23(24,25)33-18/h4-8,13-14H,10-12H2,1-3H3/t13-,14+/m1/s1. The summed E-state index contributed by atoms with van der Waals surface area (Å²) in [6.45, 7) is 5.82. The van der Waals surface area contributed by atoms with Crippen LogP contribution in [0.1, 0.15) is 25.1 Å². The zero-order valence-electron chi connectivity index (χ0n) is 18.8. The number of nitriles is 1. The van der Waals surface area contributed by atoms with Gasteiger partial charge in [0, 0.05) is 38.8 Å². The van der Waals surface area contributed by atoms with E-state index in [9.17, 15) is 18.8 Å². The van der Waals surface area contributed by atoms with E-state index in [0.29, 0.717) is 36.5 Å². The third-order valence-electron chi connectivity index (χ3n) is 6.29. The lowest BCUT2D eigenvalue weighted by molar-refractivity contribution is -0.286. The monoisotopic (exact) mass is 468 g/mol. The van der Waals surface area contributed by atoms with E-state index in [0.717, 1.165) is 5.56 Å². The summed E-state index contributed by atoms with van der Waals surface area (Å²) in [6, 6.07) is 10.2. The second-order valence-corrected chi connectivity index (χ2v) is 8.68. The van der Waals surface area contributed by atoms with Crippen molar-refractivity contribution in [3.05, 3.63) is 52.1 Å². The van der Waals surface area contributed by atoms with Gasteiger partial charge in [-0.1, -0.05) is 6.07 Å². The molecule has 4 heterocycles. The highest BCUT2D eigenvalue weighted by molar-refractivity contribution is 5.86. The molecule has 0 bridgehead atoms. The second-order valence-electron chi connectivity index (χ2n) is 8.68. The Morgan fingerprint density at radius 3 is 2.65 bits per heavy atom. The second kappa shape index (κ2) is 7.92. The van der Waals surface area contributed by atoms with E-state index in [4.69, 9.17) is 0 Å². The van der Waals surface area contributed by atoms with Gasteiger partial charge in [-0.25, -0.2) is 9.78 Å². The van der Waals surface area contributed by atoms with Crippen molar-refractivity contribution >= 4 is 16.9 Å². The molecule has 2 aliphatic heterocycles. The van der Waals surface area contributed by atoms with E-state index in [1.165, 1.54) is 10.6 Å². The first-order chi connectivity index (χ1) is 16.1. The van der Waals surface area contributed by atoms with Gasteiger partial charge in [-0.15, -0.1) is 8.78 Å². The molecule has 5 rings (SSSR count). The van der Waals surface area contributed by atoms with Gasteiger partial charge in [0.05, 0.1) is 5.52 Å². The fourth-order valence-electron chi connectivity index (χ4n) is 4.51. The number of piperazine rings is 1. The van der Waals surface area contributed by atoms with Crippen molar-refractivity contribution in [3.8, 4) is 17.6 Å². The van der Waals surface area contributed by atoms with Crippen LogP contribution in [0.5, 0.6) is 11.5 Å². The molecule has 1 aromatic carbocycles. The van der Waals surface area contributed by atoms with Gasteiger partial charge in [0.15, 0.2) is 17.3 Å². The Morgan fingerprint density at radius 2 is 1.88 bits per heavy atom. The Morgan fingerprint density at radius 1 is 1.12 bits per heavy atom. The minimum Gasteiger partial charge on any atom is -0.395 e. The highest BCUT2D eigenvalue weighted by Gasteiger charge is 2.43. The Kier molecular flexibility index (Phi) is 5.13. The van der Waals surface area contributed by atoms with Crippen LogP contribution in [-0.2, 0) is 13.6 Å². The normalized spacial score (nSPS) is 21.6. The molecular formula is C23H22F2N6O3. The number of fused-ring (bicyclic) bond motifs is 2. The zero-order valence-corrected chi connectivity index (χ0v) is 18.8. The number of pyridine rings is 1. The SMILES string of the molecule is C[C@@H]1CN(c2nc(=O)n(C)c3ccc(C#N)nc23)[C@@H](C)CN1Cc1ccc2c(c1)OC(F)(F)O2. The van der Waals surface area contributed by atoms with Crippen molar-refractivity contribution in [1.82, 2.24) is 19.4 Å². The summed E-state index contributed by atoms with van der Waals surface area (Å²) in [6.07, 6.45) is -3.64. The molecule has 0 N–H and O–H groups in total. The molecule has 1 fully saturated rings. The van der Waals surface area contributed by atoms with E-state index < -0.39 is 12.0 Å². The molecule has 0 radical (unpaired) electrons. The fraction of sp³-hybridized carbons (Fsp3) is 0.391. The quantitative estimate of drug-likeness (QED) is 0.579. The predicted octanol–water partition coefficient (Wildman–Crippen LogP) is 2.62. The van der Waals surface area contributed by atoms with Crippen LogP contribution in [0.25, 0.3) is 11.0 Å². The first kappa shape index (κ1) is 22.0. The molecule has 0 spiro atoms. The number of halogens is 2. The van der Waals surface area contributed by atoms with E-state index in [1.54, 1.807) is 31.3 Å². The number of aryl methyl sites for hydroxylation is 1. The molecule has 0 amide bonds. The molecule has 11 heteroatoms. The van der Waals surface area contributed by atoms with Crippen LogP contribution >= 0.6 is 0 Å². The van der Waals surface area contributed by atoms with Gasteiger partial charge in [-0.05, 0) is 43.7 Å². The molecule has 0 saturated carbocycles. The zero-order chi connectivity index (χ0) is 24.2. The van der Waals surface area contributed by atoms with Crippen LogP contribution in [-0.4, -0.2) is 50.9 Å². The van der Waals surface area contributed by atoms with Crippen LogP contribution in [0.4, 0.5) is 14.6 Å².